The minimum Gasteiger partial charge on any atom is -0.338 e. The second-order valence-electron chi connectivity index (χ2n) is 3.15. The molecule has 0 spiro atoms. The van der Waals surface area contributed by atoms with Crippen LogP contribution in [0.4, 0.5) is 4.39 Å². The largest absolute Gasteiger partial charge is 0.338 e. The van der Waals surface area contributed by atoms with Gasteiger partial charge < -0.3 is 4.52 Å². The molecule has 0 aliphatic heterocycles. The van der Waals surface area contributed by atoms with Gasteiger partial charge in [-0.1, -0.05) is 22.8 Å². The first-order valence-electron chi connectivity index (χ1n) is 4.50. The van der Waals surface area contributed by atoms with Crippen LogP contribution in [-0.4, -0.2) is 10.1 Å². The van der Waals surface area contributed by atoms with Crippen molar-refractivity contribution in [1.29, 1.82) is 0 Å². The van der Waals surface area contributed by atoms with Crippen molar-refractivity contribution in [3.8, 4) is 0 Å². The first-order valence-corrected chi connectivity index (χ1v) is 5.41. The van der Waals surface area contributed by atoms with Crippen molar-refractivity contribution in [1.82, 2.24) is 10.1 Å². The molecule has 6 heteroatoms. The van der Waals surface area contributed by atoms with E-state index >= 15 is 0 Å². The number of rotatable bonds is 3. The number of halogens is 3. The van der Waals surface area contributed by atoms with Crippen LogP contribution in [0.15, 0.2) is 22.7 Å². The van der Waals surface area contributed by atoms with E-state index in [1.807, 2.05) is 0 Å². The molecule has 2 aromatic rings. The van der Waals surface area contributed by atoms with E-state index in [0.717, 1.165) is 5.56 Å². The molecule has 0 bridgehead atoms. The molecule has 0 radical (unpaired) electrons. The highest BCUT2D eigenvalue weighted by Gasteiger charge is 2.09. The van der Waals surface area contributed by atoms with Gasteiger partial charge in [0.15, 0.2) is 5.82 Å². The summed E-state index contributed by atoms with van der Waals surface area (Å²) in [5, 5.41) is 4.07. The Bertz CT molecular complexity index is 501. The van der Waals surface area contributed by atoms with Crippen LogP contribution >= 0.6 is 23.2 Å². The van der Waals surface area contributed by atoms with Crippen LogP contribution in [0.5, 0.6) is 0 Å². The van der Waals surface area contributed by atoms with Crippen LogP contribution in [0.3, 0.4) is 0 Å². The van der Waals surface area contributed by atoms with E-state index in [9.17, 15) is 4.39 Å². The maximum atomic E-state index is 12.8. The SMILES string of the molecule is Fc1ccc(Cc2noc(CCl)n2)c(Cl)c1. The van der Waals surface area contributed by atoms with E-state index in [0.29, 0.717) is 23.2 Å². The molecule has 1 aromatic heterocycles. The van der Waals surface area contributed by atoms with Gasteiger partial charge in [-0.2, -0.15) is 4.98 Å². The normalized spacial score (nSPS) is 10.7. The molecule has 16 heavy (non-hydrogen) atoms. The number of benzene rings is 1. The van der Waals surface area contributed by atoms with E-state index in [1.165, 1.54) is 12.1 Å². The topological polar surface area (TPSA) is 38.9 Å². The van der Waals surface area contributed by atoms with Crippen LogP contribution in [0.2, 0.25) is 5.02 Å². The summed E-state index contributed by atoms with van der Waals surface area (Å²) in [6, 6.07) is 4.18. The zero-order valence-electron chi connectivity index (χ0n) is 8.08. The fourth-order valence-corrected chi connectivity index (χ4v) is 1.59. The maximum Gasteiger partial charge on any atom is 0.241 e. The van der Waals surface area contributed by atoms with Crippen LogP contribution in [0, 0.1) is 5.82 Å². The lowest BCUT2D eigenvalue weighted by Crippen LogP contribution is -1.93. The van der Waals surface area contributed by atoms with Crippen molar-refractivity contribution in [2.45, 2.75) is 12.3 Å². The van der Waals surface area contributed by atoms with Crippen molar-refractivity contribution < 1.29 is 8.91 Å². The lowest BCUT2D eigenvalue weighted by molar-refractivity contribution is 0.385. The molecule has 0 unspecified atom stereocenters. The number of nitrogens with zero attached hydrogens (tertiary/aromatic N) is 2. The summed E-state index contributed by atoms with van der Waals surface area (Å²) in [6.07, 6.45) is 0.388. The van der Waals surface area contributed by atoms with Crippen molar-refractivity contribution in [2.24, 2.45) is 0 Å². The maximum absolute atomic E-state index is 12.8. The third-order valence-electron chi connectivity index (χ3n) is 1.99. The minimum atomic E-state index is -0.372. The van der Waals surface area contributed by atoms with Gasteiger partial charge in [0.05, 0.1) is 0 Å². The van der Waals surface area contributed by atoms with E-state index in [-0.39, 0.29) is 11.7 Å². The second-order valence-corrected chi connectivity index (χ2v) is 3.82. The van der Waals surface area contributed by atoms with Crippen LogP contribution in [-0.2, 0) is 12.3 Å². The highest BCUT2D eigenvalue weighted by atomic mass is 35.5. The Hall–Kier alpha value is -1.13. The van der Waals surface area contributed by atoms with Crippen molar-refractivity contribution in [2.75, 3.05) is 0 Å². The third kappa shape index (κ3) is 2.51. The van der Waals surface area contributed by atoms with Gasteiger partial charge in [0.2, 0.25) is 5.89 Å². The molecule has 1 aromatic carbocycles. The molecule has 84 valence electrons. The van der Waals surface area contributed by atoms with Crippen molar-refractivity contribution >= 4 is 23.2 Å². The molecule has 0 fully saturated rings. The van der Waals surface area contributed by atoms with Gasteiger partial charge >= 0.3 is 0 Å². The highest BCUT2D eigenvalue weighted by Crippen LogP contribution is 2.19. The zero-order chi connectivity index (χ0) is 11.5. The van der Waals surface area contributed by atoms with Crippen molar-refractivity contribution in [3.63, 3.8) is 0 Å². The summed E-state index contributed by atoms with van der Waals surface area (Å²) >= 11 is 11.4. The second kappa shape index (κ2) is 4.80. The third-order valence-corrected chi connectivity index (χ3v) is 2.57. The Balaban J connectivity index is 2.20. The average molecular weight is 261 g/mol. The summed E-state index contributed by atoms with van der Waals surface area (Å²) in [6.45, 7) is 0. The first kappa shape index (κ1) is 11.4. The van der Waals surface area contributed by atoms with Gasteiger partial charge in [-0.3, -0.25) is 0 Å². The summed E-state index contributed by atoms with van der Waals surface area (Å²) in [5.41, 5.74) is 0.741. The highest BCUT2D eigenvalue weighted by molar-refractivity contribution is 6.31. The van der Waals surface area contributed by atoms with Crippen LogP contribution < -0.4 is 0 Å². The Labute approximate surface area is 101 Å². The van der Waals surface area contributed by atoms with Gasteiger partial charge in [0.25, 0.3) is 0 Å². The first-order chi connectivity index (χ1) is 7.69. The molecular formula is C10H7Cl2FN2O. The quantitative estimate of drug-likeness (QED) is 0.796. The fraction of sp³-hybridized carbons (Fsp3) is 0.200. The lowest BCUT2D eigenvalue weighted by Gasteiger charge is -2.00. The average Bonchev–Trinajstić information content (AvgIpc) is 2.70. The van der Waals surface area contributed by atoms with E-state index in [1.54, 1.807) is 6.07 Å². The molecule has 0 amide bonds. The molecule has 2 rings (SSSR count). The Kier molecular flexibility index (Phi) is 3.41. The summed E-state index contributed by atoms with van der Waals surface area (Å²) in [4.78, 5) is 4.03. The number of hydrogen-bond donors (Lipinski definition) is 0. The predicted molar refractivity (Wildman–Crippen MR) is 58.1 cm³/mol. The molecule has 0 N–H and O–H groups in total. The Morgan fingerprint density at radius 1 is 1.38 bits per heavy atom. The number of alkyl halides is 1. The van der Waals surface area contributed by atoms with Crippen LogP contribution in [0.25, 0.3) is 0 Å². The Morgan fingerprint density at radius 3 is 2.81 bits per heavy atom. The monoisotopic (exact) mass is 260 g/mol. The van der Waals surface area contributed by atoms with E-state index in [2.05, 4.69) is 10.1 Å². The molecule has 0 atom stereocenters. The summed E-state index contributed by atoms with van der Waals surface area (Å²) < 4.78 is 17.6. The molecule has 0 aliphatic rings. The predicted octanol–water partition coefficient (Wildman–Crippen LogP) is 3.19. The minimum absolute atomic E-state index is 0.171. The number of aromatic nitrogens is 2. The molecule has 1 heterocycles. The Morgan fingerprint density at radius 2 is 2.19 bits per heavy atom. The molecule has 3 nitrogen and oxygen atoms in total. The smallest absolute Gasteiger partial charge is 0.241 e. The molecule has 0 saturated heterocycles. The van der Waals surface area contributed by atoms with Gasteiger partial charge in [-0.05, 0) is 17.7 Å². The van der Waals surface area contributed by atoms with E-state index in [4.69, 9.17) is 27.7 Å². The number of hydrogen-bond acceptors (Lipinski definition) is 3. The summed E-state index contributed by atoms with van der Waals surface area (Å²) in [5.74, 6) is 0.631. The summed E-state index contributed by atoms with van der Waals surface area (Å²) in [7, 11) is 0. The lowest BCUT2D eigenvalue weighted by atomic mass is 10.1. The molecule has 0 saturated carbocycles. The van der Waals surface area contributed by atoms with Gasteiger partial charge in [-0.25, -0.2) is 4.39 Å². The van der Waals surface area contributed by atoms with Gasteiger partial charge in [-0.15, -0.1) is 11.6 Å². The molecular weight excluding hydrogens is 254 g/mol. The molecule has 0 aliphatic carbocycles. The van der Waals surface area contributed by atoms with Crippen molar-refractivity contribution in [3.05, 3.63) is 46.3 Å². The van der Waals surface area contributed by atoms with E-state index < -0.39 is 0 Å². The zero-order valence-corrected chi connectivity index (χ0v) is 9.59. The van der Waals surface area contributed by atoms with Gasteiger partial charge in [0.1, 0.15) is 11.7 Å². The fourth-order valence-electron chi connectivity index (χ4n) is 1.25. The van der Waals surface area contributed by atoms with Gasteiger partial charge in [0, 0.05) is 11.4 Å². The standard InChI is InChI=1S/C10H7Cl2FN2O/c11-5-10-14-9(15-16-10)3-6-1-2-7(13)4-8(6)12/h1-2,4H,3,5H2. The van der Waals surface area contributed by atoms with Crippen LogP contribution in [0.1, 0.15) is 17.3 Å².